The Morgan fingerprint density at radius 1 is 0.482 bits per heavy atom. The lowest BCUT2D eigenvalue weighted by atomic mass is 9.98. The van der Waals surface area contributed by atoms with E-state index < -0.39 is 67.5 Å². The number of nitrogens with zero attached hydrogens (tertiary/aromatic N) is 1. The second kappa shape index (κ2) is 30.5. The lowest BCUT2D eigenvalue weighted by Gasteiger charge is -2.43. The van der Waals surface area contributed by atoms with Crippen LogP contribution in [0, 0.1) is 0 Å². The van der Waals surface area contributed by atoms with Crippen LogP contribution in [0.15, 0.2) is 0 Å². The minimum atomic E-state index is -1.62. The predicted octanol–water partition coefficient (Wildman–Crippen LogP) is 4.71. The Balaban J connectivity index is 1.67. The Kier molecular flexibility index (Phi) is 28.1. The highest BCUT2D eigenvalue weighted by atomic mass is 16.7. The van der Waals surface area contributed by atoms with Crippen LogP contribution in [0.25, 0.3) is 0 Å². The topological polar surface area (TPSA) is 188 Å². The summed E-state index contributed by atoms with van der Waals surface area (Å²) in [5.41, 5.74) is 0. The van der Waals surface area contributed by atoms with Gasteiger partial charge in [-0.2, -0.15) is 0 Å². The largest absolute Gasteiger partial charge is 0.387 e. The zero-order valence-corrected chi connectivity index (χ0v) is 35.8. The van der Waals surface area contributed by atoms with Gasteiger partial charge < -0.3 is 63.9 Å². The van der Waals surface area contributed by atoms with Gasteiger partial charge >= 0.3 is 0 Å². The highest BCUT2D eigenvalue weighted by Crippen LogP contribution is 2.27. The van der Waals surface area contributed by atoms with Crippen molar-refractivity contribution in [2.24, 2.45) is 0 Å². The van der Waals surface area contributed by atoms with Crippen molar-refractivity contribution in [2.75, 3.05) is 53.6 Å². The molecule has 0 aromatic rings. The van der Waals surface area contributed by atoms with Crippen LogP contribution in [0.1, 0.15) is 155 Å². The minimum absolute atomic E-state index is 0.000286. The van der Waals surface area contributed by atoms with Gasteiger partial charge in [0.15, 0.2) is 12.6 Å². The van der Waals surface area contributed by atoms with Gasteiger partial charge in [0.1, 0.15) is 61.5 Å². The van der Waals surface area contributed by atoms with Crippen molar-refractivity contribution in [3.8, 4) is 0 Å². The Labute approximate surface area is 339 Å². The third-order valence-electron chi connectivity index (χ3n) is 11.5. The number of aliphatic hydroxyl groups excluding tert-OH is 7. The van der Waals surface area contributed by atoms with Crippen LogP contribution in [-0.2, 0) is 23.7 Å². The first-order valence-electron chi connectivity index (χ1n) is 22.6. The van der Waals surface area contributed by atoms with E-state index in [4.69, 9.17) is 23.7 Å². The number of rotatable bonds is 34. The second-order valence-electron chi connectivity index (χ2n) is 17.3. The Morgan fingerprint density at radius 3 is 1.34 bits per heavy atom. The van der Waals surface area contributed by atoms with Crippen LogP contribution >= 0.6 is 0 Å². The number of hydrogen-bond acceptors (Lipinski definition) is 12. The van der Waals surface area contributed by atoms with Crippen molar-refractivity contribution in [3.05, 3.63) is 0 Å². The molecule has 2 saturated heterocycles. The van der Waals surface area contributed by atoms with Gasteiger partial charge in [-0.3, -0.25) is 0 Å². The smallest absolute Gasteiger partial charge is 0.186 e. The zero-order valence-electron chi connectivity index (χ0n) is 35.8. The number of likely N-dealkylation sites (N-methyl/N-ethyl adjacent to an activating group) is 1. The van der Waals surface area contributed by atoms with Gasteiger partial charge in [0.25, 0.3) is 0 Å². The molecule has 2 aliphatic heterocycles. The lowest BCUT2D eigenvalue weighted by Crippen LogP contribution is -2.61. The molecule has 0 radical (unpaired) electrons. The summed E-state index contributed by atoms with van der Waals surface area (Å²) in [6.07, 6.45) is 12.4. The van der Waals surface area contributed by atoms with Crippen LogP contribution in [0.4, 0.5) is 0 Å². The van der Waals surface area contributed by atoms with Crippen molar-refractivity contribution < 1.29 is 63.9 Å². The summed E-state index contributed by atoms with van der Waals surface area (Å²) in [5.74, 6) is 0. The van der Waals surface area contributed by atoms with Gasteiger partial charge in [0, 0.05) is 6.61 Å². The first-order chi connectivity index (χ1) is 26.9. The van der Waals surface area contributed by atoms with E-state index in [2.05, 4.69) is 27.9 Å². The molecule has 0 amide bonds. The second-order valence-corrected chi connectivity index (χ2v) is 17.3. The monoisotopic (exact) mass is 809 g/mol. The Bertz CT molecular complexity index is 933. The van der Waals surface area contributed by atoms with Gasteiger partial charge in [-0.05, 0) is 19.3 Å². The van der Waals surface area contributed by atoms with E-state index >= 15 is 0 Å². The third kappa shape index (κ3) is 21.1. The minimum Gasteiger partial charge on any atom is -0.387 e. The van der Waals surface area contributed by atoms with Gasteiger partial charge in [0.05, 0.1) is 40.5 Å². The number of unbranched alkanes of at least 4 members (excludes halogenated alkanes) is 20. The summed E-state index contributed by atoms with van der Waals surface area (Å²) < 4.78 is 29.3. The molecule has 13 heteroatoms. The van der Waals surface area contributed by atoms with E-state index in [1.165, 1.54) is 116 Å². The summed E-state index contributed by atoms with van der Waals surface area (Å²) in [6.45, 7) is 5.69. The maximum Gasteiger partial charge on any atom is 0.186 e. The van der Waals surface area contributed by atoms with Crippen LogP contribution in [0.2, 0.25) is 0 Å². The molecule has 0 aliphatic carbocycles. The van der Waals surface area contributed by atoms with Crippen LogP contribution in [-0.4, -0.2) is 161 Å². The van der Waals surface area contributed by atoms with Crippen LogP contribution < -0.4 is 0 Å². The van der Waals surface area contributed by atoms with Crippen molar-refractivity contribution in [2.45, 2.75) is 223 Å². The van der Waals surface area contributed by atoms with Gasteiger partial charge in [-0.1, -0.05) is 136 Å². The Hall–Kier alpha value is -0.520. The maximum atomic E-state index is 10.7. The molecule has 1 unspecified atom stereocenters. The predicted molar refractivity (Wildman–Crippen MR) is 217 cm³/mol. The van der Waals surface area contributed by atoms with E-state index in [0.717, 1.165) is 32.2 Å². The molecule has 0 aromatic heterocycles. The fourth-order valence-electron chi connectivity index (χ4n) is 7.78. The Morgan fingerprint density at radius 2 is 0.875 bits per heavy atom. The molecule has 7 N–H and O–H groups in total. The number of aliphatic hydroxyl groups is 7. The first-order valence-corrected chi connectivity index (χ1v) is 22.6. The normalized spacial score (nSPS) is 29.2. The molecule has 13 nitrogen and oxygen atoms in total. The SMILES string of the molecule is CCCCCCCCCCCCCC[N+](C)(C)CC(O)COC[C@H]1O[C@H](OC[C@H]2O[C@@H](OCCCCCCCCCCCC)[C@H](O)[C@@H](O)[C@@H]2O)[C@H](O)[C@@H](O)[C@@H]1O. The third-order valence-corrected chi connectivity index (χ3v) is 11.5. The zero-order chi connectivity index (χ0) is 41.2. The highest BCUT2D eigenvalue weighted by molar-refractivity contribution is 4.92. The van der Waals surface area contributed by atoms with Crippen molar-refractivity contribution in [3.63, 3.8) is 0 Å². The lowest BCUT2D eigenvalue weighted by molar-refractivity contribution is -0.893. The standard InChI is InChI=1S/C43H86NO12/c1-5-7-9-11-13-15-17-18-19-21-23-25-27-44(3,4)29-33(45)30-52-31-34-36(46)38(48)41(51)43(55-34)54-32-35-37(47)39(49)40(50)42(56-35)53-28-26-24-22-20-16-14-12-10-8-6-2/h33-43,45-51H,5-32H2,1-4H3/q+1/t33?,34-,35-,36-,37-,38+,39+,40-,41-,42-,43+/m1/s1. The van der Waals surface area contributed by atoms with Gasteiger partial charge in [0.2, 0.25) is 0 Å². The maximum absolute atomic E-state index is 10.7. The molecule has 0 bridgehead atoms. The molecule has 2 aliphatic rings. The van der Waals surface area contributed by atoms with E-state index in [1.54, 1.807) is 0 Å². The summed E-state index contributed by atoms with van der Waals surface area (Å²) in [4.78, 5) is 0. The van der Waals surface area contributed by atoms with Crippen molar-refractivity contribution in [1.82, 2.24) is 0 Å². The number of ether oxygens (including phenoxy) is 5. The van der Waals surface area contributed by atoms with E-state index in [9.17, 15) is 35.7 Å². The molecule has 11 atom stereocenters. The highest BCUT2D eigenvalue weighted by Gasteiger charge is 2.47. The molecule has 334 valence electrons. The summed E-state index contributed by atoms with van der Waals surface area (Å²) in [6, 6.07) is 0. The van der Waals surface area contributed by atoms with Crippen molar-refractivity contribution >= 4 is 0 Å². The van der Waals surface area contributed by atoms with Gasteiger partial charge in [-0.15, -0.1) is 0 Å². The molecule has 2 fully saturated rings. The molecule has 0 spiro atoms. The van der Waals surface area contributed by atoms with Crippen LogP contribution in [0.5, 0.6) is 0 Å². The molecule has 56 heavy (non-hydrogen) atoms. The summed E-state index contributed by atoms with van der Waals surface area (Å²) >= 11 is 0. The molecule has 2 heterocycles. The fourth-order valence-corrected chi connectivity index (χ4v) is 7.78. The quantitative estimate of drug-likeness (QED) is 0.0351. The number of quaternary nitrogens is 1. The van der Waals surface area contributed by atoms with Crippen molar-refractivity contribution in [1.29, 1.82) is 0 Å². The average molecular weight is 809 g/mol. The van der Waals surface area contributed by atoms with E-state index in [-0.39, 0.29) is 19.8 Å². The molecule has 2 rings (SSSR count). The molecule has 0 saturated carbocycles. The molecular weight excluding hydrogens is 722 g/mol. The van der Waals surface area contributed by atoms with Gasteiger partial charge in [-0.25, -0.2) is 0 Å². The first kappa shape index (κ1) is 51.6. The number of hydrogen-bond donors (Lipinski definition) is 7. The molecular formula is C43H86NO12+. The summed E-state index contributed by atoms with van der Waals surface area (Å²) in [5, 5.41) is 74.1. The fraction of sp³-hybridized carbons (Fsp3) is 1.00. The van der Waals surface area contributed by atoms with Crippen LogP contribution in [0.3, 0.4) is 0 Å². The summed E-state index contributed by atoms with van der Waals surface area (Å²) in [7, 11) is 4.18. The van der Waals surface area contributed by atoms with E-state index in [1.807, 2.05) is 0 Å². The molecule has 0 aromatic carbocycles. The average Bonchev–Trinajstić information content (AvgIpc) is 3.17. The van der Waals surface area contributed by atoms with E-state index in [0.29, 0.717) is 17.6 Å².